The number of hydrogen-bond donors (Lipinski definition) is 2. The lowest BCUT2D eigenvalue weighted by Gasteiger charge is -2.07. The summed E-state index contributed by atoms with van der Waals surface area (Å²) in [6, 6.07) is 20.7. The number of nitrogens with zero attached hydrogens (tertiary/aromatic N) is 2. The Balaban J connectivity index is 1.57. The van der Waals surface area contributed by atoms with Crippen LogP contribution in [0.15, 0.2) is 87.5 Å². The van der Waals surface area contributed by atoms with Gasteiger partial charge in [-0.3, -0.25) is 19.6 Å². The van der Waals surface area contributed by atoms with E-state index in [0.717, 1.165) is 16.8 Å². The van der Waals surface area contributed by atoms with E-state index in [-0.39, 0.29) is 10.5 Å². The monoisotopic (exact) mass is 460 g/mol. The van der Waals surface area contributed by atoms with Gasteiger partial charge < -0.3 is 0 Å². The predicted octanol–water partition coefficient (Wildman–Crippen LogP) is 4.64. The zero-order valence-corrected chi connectivity index (χ0v) is 19.3. The van der Waals surface area contributed by atoms with Crippen molar-refractivity contribution in [2.24, 2.45) is 4.99 Å². The van der Waals surface area contributed by atoms with Crippen molar-refractivity contribution in [2.75, 3.05) is 4.72 Å². The second-order valence-electron chi connectivity index (χ2n) is 7.80. The Morgan fingerprint density at radius 3 is 2.30 bits per heavy atom. The number of nitrogens with one attached hydrogen (secondary N) is 2. The summed E-state index contributed by atoms with van der Waals surface area (Å²) in [5.41, 5.74) is 4.85. The minimum Gasteiger partial charge on any atom is -0.295 e. The number of anilines is 1. The molecule has 1 aromatic heterocycles. The fourth-order valence-electron chi connectivity index (χ4n) is 3.51. The molecule has 0 atom stereocenters. The van der Waals surface area contributed by atoms with E-state index < -0.39 is 10.0 Å². The summed E-state index contributed by atoms with van der Waals surface area (Å²) in [5.74, 6) is 0. The van der Waals surface area contributed by atoms with Crippen LogP contribution in [0.2, 0.25) is 0 Å². The van der Waals surface area contributed by atoms with Gasteiger partial charge in [0.15, 0.2) is 0 Å². The Morgan fingerprint density at radius 1 is 0.939 bits per heavy atom. The third-order valence-corrected chi connectivity index (χ3v) is 6.62. The van der Waals surface area contributed by atoms with Gasteiger partial charge in [0.05, 0.1) is 21.8 Å². The Hall–Kier alpha value is -3.91. The zero-order valence-electron chi connectivity index (χ0n) is 18.5. The number of H-pyrrole nitrogens is 1. The van der Waals surface area contributed by atoms with Gasteiger partial charge in [-0.25, -0.2) is 13.1 Å². The standard InChI is InChI=1S/C25H24N4O3S/c1-17-9-14-24(18(2)15-17)29-25(30)23(19(3)27-29)16-26-20-10-12-22(13-11-20)33(31,32)28-21-7-5-4-6-8-21/h4-16,27-28H,1-3H3. The third kappa shape index (κ3) is 4.80. The lowest BCUT2D eigenvalue weighted by molar-refractivity contribution is 0.601. The average molecular weight is 461 g/mol. The second kappa shape index (κ2) is 8.91. The number of hydrogen-bond acceptors (Lipinski definition) is 4. The maximum atomic E-state index is 13.0. The Kier molecular flexibility index (Phi) is 6.02. The molecule has 4 aromatic rings. The zero-order chi connectivity index (χ0) is 23.6. The van der Waals surface area contributed by atoms with E-state index in [0.29, 0.717) is 22.6 Å². The fraction of sp³-hybridized carbons (Fsp3) is 0.120. The SMILES string of the molecule is Cc1ccc(-n2[nH]c(C)c(C=Nc3ccc(S(=O)(=O)Nc4ccccc4)cc3)c2=O)c(C)c1. The highest BCUT2D eigenvalue weighted by atomic mass is 32.2. The number of aromatic amines is 1. The molecule has 0 spiro atoms. The van der Waals surface area contributed by atoms with Crippen LogP contribution >= 0.6 is 0 Å². The number of aryl methyl sites for hydroxylation is 3. The van der Waals surface area contributed by atoms with Crippen LogP contribution in [-0.2, 0) is 10.0 Å². The molecule has 33 heavy (non-hydrogen) atoms. The van der Waals surface area contributed by atoms with Crippen LogP contribution in [0.25, 0.3) is 5.69 Å². The molecule has 2 N–H and O–H groups in total. The van der Waals surface area contributed by atoms with Crippen molar-refractivity contribution in [1.82, 2.24) is 9.78 Å². The molecular formula is C25H24N4O3S. The molecule has 0 aliphatic heterocycles. The van der Waals surface area contributed by atoms with Gasteiger partial charge in [0.1, 0.15) is 0 Å². The van der Waals surface area contributed by atoms with Gasteiger partial charge in [-0.05, 0) is 68.8 Å². The maximum absolute atomic E-state index is 13.0. The summed E-state index contributed by atoms with van der Waals surface area (Å²) in [5, 5.41) is 3.10. The highest BCUT2D eigenvalue weighted by Crippen LogP contribution is 2.20. The first-order valence-electron chi connectivity index (χ1n) is 10.4. The normalized spacial score (nSPS) is 11.7. The van der Waals surface area contributed by atoms with Crippen molar-refractivity contribution in [3.05, 3.63) is 106 Å². The van der Waals surface area contributed by atoms with Crippen molar-refractivity contribution >= 4 is 27.6 Å². The van der Waals surface area contributed by atoms with Gasteiger partial charge in [0.25, 0.3) is 15.6 Å². The van der Waals surface area contributed by atoms with Gasteiger partial charge in [0, 0.05) is 17.6 Å². The average Bonchev–Trinajstić information content (AvgIpc) is 3.06. The molecule has 0 saturated heterocycles. The molecule has 7 nitrogen and oxygen atoms in total. The van der Waals surface area contributed by atoms with E-state index in [2.05, 4.69) is 14.8 Å². The Morgan fingerprint density at radius 2 is 1.64 bits per heavy atom. The summed E-state index contributed by atoms with van der Waals surface area (Å²) >= 11 is 0. The number of para-hydroxylation sites is 1. The number of aromatic nitrogens is 2. The molecule has 0 saturated carbocycles. The molecule has 0 amide bonds. The van der Waals surface area contributed by atoms with Crippen molar-refractivity contribution in [3.63, 3.8) is 0 Å². The van der Waals surface area contributed by atoms with Gasteiger partial charge in [-0.2, -0.15) is 0 Å². The van der Waals surface area contributed by atoms with Gasteiger partial charge >= 0.3 is 0 Å². The van der Waals surface area contributed by atoms with E-state index in [1.807, 2.05) is 45.0 Å². The quantitative estimate of drug-likeness (QED) is 0.410. The Bertz CT molecular complexity index is 1480. The molecule has 0 bridgehead atoms. The fourth-order valence-corrected chi connectivity index (χ4v) is 4.57. The second-order valence-corrected chi connectivity index (χ2v) is 9.49. The highest BCUT2D eigenvalue weighted by molar-refractivity contribution is 7.92. The van der Waals surface area contributed by atoms with Crippen LogP contribution < -0.4 is 10.3 Å². The van der Waals surface area contributed by atoms with Crippen LogP contribution in [0.5, 0.6) is 0 Å². The predicted molar refractivity (Wildman–Crippen MR) is 132 cm³/mol. The molecule has 0 aliphatic carbocycles. The van der Waals surface area contributed by atoms with Crippen molar-refractivity contribution in [3.8, 4) is 5.69 Å². The number of sulfonamides is 1. The minimum atomic E-state index is -3.71. The summed E-state index contributed by atoms with van der Waals surface area (Å²) in [6.07, 6.45) is 1.50. The van der Waals surface area contributed by atoms with Crippen LogP contribution in [0, 0.1) is 20.8 Å². The van der Waals surface area contributed by atoms with Crippen LogP contribution in [0.4, 0.5) is 11.4 Å². The first-order chi connectivity index (χ1) is 15.7. The summed E-state index contributed by atoms with van der Waals surface area (Å²) < 4.78 is 29.2. The molecule has 4 rings (SSSR count). The number of aliphatic imine (C=N–C) groups is 1. The summed E-state index contributed by atoms with van der Waals surface area (Å²) in [4.78, 5) is 17.5. The van der Waals surface area contributed by atoms with Crippen molar-refractivity contribution < 1.29 is 8.42 Å². The summed E-state index contributed by atoms with van der Waals surface area (Å²) in [7, 11) is -3.71. The number of benzene rings is 3. The topological polar surface area (TPSA) is 96.3 Å². The minimum absolute atomic E-state index is 0.125. The lowest BCUT2D eigenvalue weighted by Crippen LogP contribution is -2.18. The molecule has 1 heterocycles. The molecule has 168 valence electrons. The molecule has 0 radical (unpaired) electrons. The molecule has 0 unspecified atom stereocenters. The van der Waals surface area contributed by atoms with Crippen LogP contribution in [0.1, 0.15) is 22.4 Å². The van der Waals surface area contributed by atoms with E-state index in [9.17, 15) is 13.2 Å². The van der Waals surface area contributed by atoms with Gasteiger partial charge in [0.2, 0.25) is 0 Å². The first kappa shape index (κ1) is 22.3. The smallest absolute Gasteiger partial charge is 0.280 e. The third-order valence-electron chi connectivity index (χ3n) is 5.23. The molecular weight excluding hydrogens is 436 g/mol. The van der Waals surface area contributed by atoms with E-state index in [1.165, 1.54) is 23.0 Å². The lowest BCUT2D eigenvalue weighted by atomic mass is 10.1. The van der Waals surface area contributed by atoms with Gasteiger partial charge in [-0.15, -0.1) is 0 Å². The molecule has 0 aliphatic rings. The van der Waals surface area contributed by atoms with Crippen molar-refractivity contribution in [2.45, 2.75) is 25.7 Å². The number of rotatable bonds is 6. The maximum Gasteiger partial charge on any atom is 0.280 e. The Labute approximate surface area is 192 Å². The summed E-state index contributed by atoms with van der Waals surface area (Å²) in [6.45, 7) is 5.78. The van der Waals surface area contributed by atoms with Crippen molar-refractivity contribution in [1.29, 1.82) is 0 Å². The van der Waals surface area contributed by atoms with E-state index in [4.69, 9.17) is 0 Å². The molecule has 0 fully saturated rings. The molecule has 3 aromatic carbocycles. The van der Waals surface area contributed by atoms with E-state index >= 15 is 0 Å². The van der Waals surface area contributed by atoms with Crippen LogP contribution in [0.3, 0.4) is 0 Å². The van der Waals surface area contributed by atoms with Gasteiger partial charge in [-0.1, -0.05) is 35.9 Å². The largest absolute Gasteiger partial charge is 0.295 e. The van der Waals surface area contributed by atoms with E-state index in [1.54, 1.807) is 36.4 Å². The first-order valence-corrected chi connectivity index (χ1v) is 11.8. The van der Waals surface area contributed by atoms with Crippen LogP contribution in [-0.4, -0.2) is 24.4 Å². The highest BCUT2D eigenvalue weighted by Gasteiger charge is 2.14. The molecule has 8 heteroatoms.